The zero-order chi connectivity index (χ0) is 18.3. The number of hydrogen-bond donors (Lipinski definition) is 0. The minimum atomic E-state index is 0.561. The van der Waals surface area contributed by atoms with Gasteiger partial charge in [0.05, 0.1) is 0 Å². The molecular formula is C23H48. The molecule has 1 aliphatic carbocycles. The molecule has 1 saturated carbocycles. The predicted molar refractivity (Wildman–Crippen MR) is 108 cm³/mol. The summed E-state index contributed by atoms with van der Waals surface area (Å²) in [5.74, 6) is 3.64. The molecule has 1 atom stereocenters. The fourth-order valence-electron chi connectivity index (χ4n) is 3.99. The van der Waals surface area contributed by atoms with E-state index in [1.54, 1.807) is 0 Å². The van der Waals surface area contributed by atoms with Gasteiger partial charge >= 0.3 is 0 Å². The van der Waals surface area contributed by atoms with Crippen LogP contribution >= 0.6 is 0 Å². The standard InChI is InChI=1S/C18H36.C5H12/c1-8-17(5,6)15-10-12-16(13-11-15)18(7,9-2)14(3)4;1-4-5(2)3/h14-16H,8-13H2,1-7H3;5H,4H2,1-3H3. The molecule has 0 aliphatic heterocycles. The number of rotatable bonds is 6. The van der Waals surface area contributed by atoms with Gasteiger partial charge in [-0.25, -0.2) is 0 Å². The van der Waals surface area contributed by atoms with Crippen molar-refractivity contribution < 1.29 is 0 Å². The Hall–Kier alpha value is 0. The molecule has 0 radical (unpaired) electrons. The first-order valence-electron chi connectivity index (χ1n) is 10.5. The molecule has 1 unspecified atom stereocenters. The minimum absolute atomic E-state index is 0.561. The summed E-state index contributed by atoms with van der Waals surface area (Å²) >= 11 is 0. The van der Waals surface area contributed by atoms with Crippen LogP contribution in [0.25, 0.3) is 0 Å². The smallest absolute Gasteiger partial charge is 0.0277 e. The zero-order valence-electron chi connectivity index (χ0n) is 18.3. The van der Waals surface area contributed by atoms with Crippen molar-refractivity contribution in [1.82, 2.24) is 0 Å². The maximum atomic E-state index is 2.54. The first-order chi connectivity index (χ1) is 10.5. The Morgan fingerprint density at radius 2 is 1.13 bits per heavy atom. The molecule has 0 N–H and O–H groups in total. The monoisotopic (exact) mass is 324 g/mol. The van der Waals surface area contributed by atoms with Gasteiger partial charge < -0.3 is 0 Å². The topological polar surface area (TPSA) is 0 Å². The molecule has 0 bridgehead atoms. The molecule has 0 heteroatoms. The lowest BCUT2D eigenvalue weighted by molar-refractivity contribution is 0.0355. The van der Waals surface area contributed by atoms with Crippen LogP contribution in [0.4, 0.5) is 0 Å². The van der Waals surface area contributed by atoms with Gasteiger partial charge in [-0.05, 0) is 60.2 Å². The van der Waals surface area contributed by atoms with Crippen molar-refractivity contribution in [2.75, 3.05) is 0 Å². The molecule has 23 heavy (non-hydrogen) atoms. The Morgan fingerprint density at radius 1 is 0.739 bits per heavy atom. The van der Waals surface area contributed by atoms with Crippen LogP contribution in [-0.4, -0.2) is 0 Å². The first-order valence-corrected chi connectivity index (χ1v) is 10.5. The third-order valence-electron chi connectivity index (χ3n) is 7.57. The van der Waals surface area contributed by atoms with E-state index in [0.717, 1.165) is 23.7 Å². The summed E-state index contributed by atoms with van der Waals surface area (Å²) in [6.45, 7) is 23.7. The summed E-state index contributed by atoms with van der Waals surface area (Å²) in [7, 11) is 0. The molecule has 0 spiro atoms. The van der Waals surface area contributed by atoms with Gasteiger partial charge in [-0.1, -0.05) is 88.5 Å². The van der Waals surface area contributed by atoms with E-state index in [-0.39, 0.29) is 0 Å². The lowest BCUT2D eigenvalue weighted by Crippen LogP contribution is -2.37. The van der Waals surface area contributed by atoms with Crippen molar-refractivity contribution in [3.05, 3.63) is 0 Å². The van der Waals surface area contributed by atoms with Crippen molar-refractivity contribution in [3.63, 3.8) is 0 Å². The maximum absolute atomic E-state index is 2.54. The van der Waals surface area contributed by atoms with Gasteiger partial charge in [0.25, 0.3) is 0 Å². The van der Waals surface area contributed by atoms with Crippen LogP contribution in [0.3, 0.4) is 0 Å². The highest BCUT2D eigenvalue weighted by Crippen LogP contribution is 2.50. The van der Waals surface area contributed by atoms with Crippen LogP contribution in [0.15, 0.2) is 0 Å². The maximum Gasteiger partial charge on any atom is -0.0277 e. The highest BCUT2D eigenvalue weighted by molar-refractivity contribution is 4.90. The third-order valence-corrected chi connectivity index (χ3v) is 7.57. The lowest BCUT2D eigenvalue weighted by atomic mass is 9.59. The van der Waals surface area contributed by atoms with E-state index in [1.807, 2.05) is 0 Å². The van der Waals surface area contributed by atoms with E-state index in [9.17, 15) is 0 Å². The Kier molecular flexibility index (Phi) is 10.1. The van der Waals surface area contributed by atoms with Crippen molar-refractivity contribution >= 4 is 0 Å². The molecular weight excluding hydrogens is 276 g/mol. The Bertz CT molecular complexity index is 291. The fourth-order valence-corrected chi connectivity index (χ4v) is 3.99. The quantitative estimate of drug-likeness (QED) is 0.460. The summed E-state index contributed by atoms with van der Waals surface area (Å²) in [5.41, 5.74) is 1.13. The van der Waals surface area contributed by atoms with Gasteiger partial charge in [-0.3, -0.25) is 0 Å². The van der Waals surface area contributed by atoms with Gasteiger partial charge in [-0.15, -0.1) is 0 Å². The molecule has 0 aromatic rings. The van der Waals surface area contributed by atoms with Crippen LogP contribution in [0.1, 0.15) is 114 Å². The fraction of sp³-hybridized carbons (Fsp3) is 1.00. The second-order valence-electron chi connectivity index (χ2n) is 9.71. The van der Waals surface area contributed by atoms with E-state index in [0.29, 0.717) is 10.8 Å². The lowest BCUT2D eigenvalue weighted by Gasteiger charge is -2.47. The summed E-state index contributed by atoms with van der Waals surface area (Å²) < 4.78 is 0. The first kappa shape index (κ1) is 23.0. The largest absolute Gasteiger partial charge is 0.0651 e. The van der Waals surface area contributed by atoms with E-state index in [4.69, 9.17) is 0 Å². The second kappa shape index (κ2) is 10.1. The molecule has 0 aromatic heterocycles. The van der Waals surface area contributed by atoms with E-state index in [2.05, 4.69) is 69.2 Å². The minimum Gasteiger partial charge on any atom is -0.0651 e. The van der Waals surface area contributed by atoms with Crippen LogP contribution in [0, 0.1) is 34.5 Å². The van der Waals surface area contributed by atoms with Crippen LogP contribution in [-0.2, 0) is 0 Å². The Balaban J connectivity index is 0.000000841. The van der Waals surface area contributed by atoms with E-state index in [1.165, 1.54) is 44.9 Å². The highest BCUT2D eigenvalue weighted by Gasteiger charge is 2.40. The van der Waals surface area contributed by atoms with Crippen LogP contribution in [0.5, 0.6) is 0 Å². The zero-order valence-corrected chi connectivity index (χ0v) is 18.3. The number of hydrogen-bond acceptors (Lipinski definition) is 0. The molecule has 0 amide bonds. The van der Waals surface area contributed by atoms with Crippen molar-refractivity contribution in [3.8, 4) is 0 Å². The van der Waals surface area contributed by atoms with Gasteiger partial charge in [-0.2, -0.15) is 0 Å². The summed E-state index contributed by atoms with van der Waals surface area (Å²) in [4.78, 5) is 0. The van der Waals surface area contributed by atoms with Gasteiger partial charge in [0.15, 0.2) is 0 Å². The van der Waals surface area contributed by atoms with Crippen molar-refractivity contribution in [2.45, 2.75) is 114 Å². The summed E-state index contributed by atoms with van der Waals surface area (Å²) in [6, 6.07) is 0. The predicted octanol–water partition coefficient (Wildman–Crippen LogP) is 8.35. The van der Waals surface area contributed by atoms with Crippen LogP contribution in [0.2, 0.25) is 0 Å². The van der Waals surface area contributed by atoms with Crippen LogP contribution < -0.4 is 0 Å². The van der Waals surface area contributed by atoms with Gasteiger partial charge in [0.1, 0.15) is 0 Å². The van der Waals surface area contributed by atoms with Gasteiger partial charge in [0.2, 0.25) is 0 Å². The van der Waals surface area contributed by atoms with Gasteiger partial charge in [0, 0.05) is 0 Å². The highest BCUT2D eigenvalue weighted by atomic mass is 14.4. The average Bonchev–Trinajstić information content (AvgIpc) is 2.54. The molecule has 0 aromatic carbocycles. The molecule has 0 nitrogen and oxygen atoms in total. The third kappa shape index (κ3) is 6.79. The average molecular weight is 325 g/mol. The Labute approximate surface area is 149 Å². The van der Waals surface area contributed by atoms with Crippen molar-refractivity contribution in [2.24, 2.45) is 34.5 Å². The SMILES string of the molecule is CCC(C)(C)C1CCC(C(C)(CC)C(C)C)CC1.CCC(C)C. The van der Waals surface area contributed by atoms with E-state index >= 15 is 0 Å². The molecule has 140 valence electrons. The summed E-state index contributed by atoms with van der Waals surface area (Å²) in [6.07, 6.45) is 9.85. The summed E-state index contributed by atoms with van der Waals surface area (Å²) in [5, 5.41) is 0. The molecule has 0 heterocycles. The van der Waals surface area contributed by atoms with Crippen molar-refractivity contribution in [1.29, 1.82) is 0 Å². The second-order valence-corrected chi connectivity index (χ2v) is 9.71. The molecule has 1 fully saturated rings. The normalized spacial score (nSPS) is 25.0. The van der Waals surface area contributed by atoms with E-state index < -0.39 is 0 Å². The Morgan fingerprint density at radius 3 is 1.39 bits per heavy atom. The molecule has 1 aliphatic rings. The molecule has 1 rings (SSSR count). The molecule has 0 saturated heterocycles.